The zero-order chi connectivity index (χ0) is 23.2. The van der Waals surface area contributed by atoms with Crippen LogP contribution in [0.15, 0.2) is 46.9 Å². The number of carbonyl (C=O) groups excluding carboxylic acids is 1. The van der Waals surface area contributed by atoms with Crippen molar-refractivity contribution >= 4 is 23.2 Å². The molecule has 0 heterocycles. The van der Waals surface area contributed by atoms with Gasteiger partial charge in [-0.2, -0.15) is 0 Å². The van der Waals surface area contributed by atoms with Gasteiger partial charge in [0, 0.05) is 44.8 Å². The number of Topliss-reactive ketones (excluding diaryl/α,β-unsaturated/α-hetero) is 1. The van der Waals surface area contributed by atoms with Gasteiger partial charge in [0.05, 0.1) is 11.9 Å². The van der Waals surface area contributed by atoms with Crippen LogP contribution in [0.3, 0.4) is 0 Å². The van der Waals surface area contributed by atoms with Crippen molar-refractivity contribution in [1.82, 2.24) is 15.1 Å². The lowest BCUT2D eigenvalue weighted by Gasteiger charge is -2.24. The first-order valence-corrected chi connectivity index (χ1v) is 11.7. The summed E-state index contributed by atoms with van der Waals surface area (Å²) in [4.78, 5) is 17.7. The number of aliphatic hydroxyl groups is 1. The number of carbonyl (C=O) groups is 1. The van der Waals surface area contributed by atoms with Crippen LogP contribution in [0, 0.1) is 0 Å². The number of benzene rings is 1. The normalized spacial score (nSPS) is 13.8. The van der Waals surface area contributed by atoms with Crippen molar-refractivity contribution in [2.24, 2.45) is 0 Å². The first kappa shape index (κ1) is 27.4. The van der Waals surface area contributed by atoms with Crippen LogP contribution in [0.4, 0.5) is 5.69 Å². The van der Waals surface area contributed by atoms with Crippen LogP contribution < -0.4 is 11.1 Å². The summed E-state index contributed by atoms with van der Waals surface area (Å²) in [6, 6.07) is 7.37. The van der Waals surface area contributed by atoms with Crippen LogP contribution in [-0.2, 0) is 4.79 Å². The first-order valence-electron chi connectivity index (χ1n) is 10.7. The van der Waals surface area contributed by atoms with Gasteiger partial charge < -0.3 is 21.1 Å². The van der Waals surface area contributed by atoms with Gasteiger partial charge in [0.2, 0.25) is 0 Å². The van der Waals surface area contributed by atoms with E-state index < -0.39 is 6.10 Å². The number of nitrogens with one attached hydrogen (secondary N) is 1. The molecule has 0 saturated carbocycles. The minimum Gasteiger partial charge on any atom is -0.399 e. The Morgan fingerprint density at radius 1 is 1.29 bits per heavy atom. The Kier molecular flexibility index (Phi) is 13.4. The Labute approximate surface area is 192 Å². The highest BCUT2D eigenvalue weighted by atomic mass is 32.2. The van der Waals surface area contributed by atoms with Gasteiger partial charge in [-0.15, -0.1) is 11.8 Å². The maximum absolute atomic E-state index is 12.3. The zero-order valence-electron chi connectivity index (χ0n) is 19.7. The predicted octanol–water partition coefficient (Wildman–Crippen LogP) is 2.93. The summed E-state index contributed by atoms with van der Waals surface area (Å²) < 4.78 is 0. The molecule has 1 unspecified atom stereocenters. The molecule has 0 bridgehead atoms. The lowest BCUT2D eigenvalue weighted by molar-refractivity contribution is -0.116. The van der Waals surface area contributed by atoms with Crippen molar-refractivity contribution in [3.63, 3.8) is 0 Å². The molecule has 0 fully saturated rings. The molecule has 31 heavy (non-hydrogen) atoms. The number of allylic oxidation sites excluding steroid dienone is 1. The summed E-state index contributed by atoms with van der Waals surface area (Å²) in [5.74, 6) is 0.715. The largest absolute Gasteiger partial charge is 0.399 e. The van der Waals surface area contributed by atoms with Gasteiger partial charge in [-0.1, -0.05) is 24.3 Å². The number of rotatable bonds is 15. The number of likely N-dealkylation sites (N-methyl/N-ethyl adjacent to an activating group) is 2. The lowest BCUT2D eigenvalue weighted by Crippen LogP contribution is -2.28. The number of anilines is 1. The summed E-state index contributed by atoms with van der Waals surface area (Å²) in [7, 11) is 6.08. The molecule has 0 aliphatic rings. The maximum Gasteiger partial charge on any atom is 0.144 e. The zero-order valence-corrected chi connectivity index (χ0v) is 20.5. The molecule has 1 atom stereocenters. The van der Waals surface area contributed by atoms with E-state index >= 15 is 0 Å². The number of ketones is 1. The number of hydrogen-bond acceptors (Lipinski definition) is 7. The second kappa shape index (κ2) is 15.2. The molecule has 0 radical (unpaired) electrons. The molecule has 1 aromatic carbocycles. The SMILES string of the molecule is C/C=C/CNCCC(=O)CS/C(CN(C)CC(O)c1cccc(N)c1)=C(/C)CN(C)C. The van der Waals surface area contributed by atoms with Crippen molar-refractivity contribution in [3.05, 3.63) is 52.5 Å². The molecule has 0 amide bonds. The van der Waals surface area contributed by atoms with E-state index in [1.807, 2.05) is 64.5 Å². The quantitative estimate of drug-likeness (QED) is 0.216. The number of hydrogen-bond donors (Lipinski definition) is 3. The smallest absolute Gasteiger partial charge is 0.144 e. The van der Waals surface area contributed by atoms with Crippen molar-refractivity contribution < 1.29 is 9.90 Å². The molecular weight excluding hydrogens is 408 g/mol. The van der Waals surface area contributed by atoms with E-state index in [9.17, 15) is 9.90 Å². The predicted molar refractivity (Wildman–Crippen MR) is 134 cm³/mol. The molecule has 0 saturated heterocycles. The van der Waals surface area contributed by atoms with Crippen molar-refractivity contribution in [2.45, 2.75) is 26.4 Å². The highest BCUT2D eigenvalue weighted by molar-refractivity contribution is 8.03. The van der Waals surface area contributed by atoms with E-state index in [1.54, 1.807) is 11.8 Å². The van der Waals surface area contributed by atoms with Gasteiger partial charge in [-0.3, -0.25) is 9.69 Å². The molecule has 0 spiro atoms. The topological polar surface area (TPSA) is 81.8 Å². The fourth-order valence-electron chi connectivity index (χ4n) is 3.11. The van der Waals surface area contributed by atoms with Crippen LogP contribution in [0.1, 0.15) is 31.9 Å². The van der Waals surface area contributed by atoms with Gasteiger partial charge in [-0.25, -0.2) is 0 Å². The maximum atomic E-state index is 12.3. The minimum absolute atomic E-state index is 0.246. The third-order valence-corrected chi connectivity index (χ3v) is 6.00. The number of nitrogen functional groups attached to an aromatic ring is 1. The monoisotopic (exact) mass is 448 g/mol. The van der Waals surface area contributed by atoms with Crippen LogP contribution in [0.2, 0.25) is 0 Å². The van der Waals surface area contributed by atoms with Gasteiger partial charge in [0.1, 0.15) is 5.78 Å². The number of aliphatic hydroxyl groups excluding tert-OH is 1. The van der Waals surface area contributed by atoms with Crippen LogP contribution in [0.5, 0.6) is 0 Å². The summed E-state index contributed by atoms with van der Waals surface area (Å²) in [5.41, 5.74) is 8.55. The van der Waals surface area contributed by atoms with E-state index in [4.69, 9.17) is 5.73 Å². The average Bonchev–Trinajstić information content (AvgIpc) is 2.70. The Morgan fingerprint density at radius 2 is 2.03 bits per heavy atom. The fourth-order valence-corrected chi connectivity index (χ4v) is 4.22. The Hall–Kier alpha value is -1.64. The Morgan fingerprint density at radius 3 is 2.68 bits per heavy atom. The van der Waals surface area contributed by atoms with Crippen molar-refractivity contribution in [2.75, 3.05) is 65.4 Å². The number of thioether (sulfide) groups is 1. The molecule has 6 nitrogen and oxygen atoms in total. The standard InChI is InChI=1S/C24H40N4O2S/c1-6-7-12-26-13-11-22(29)18-31-24(19(2)15-27(3)4)17-28(5)16-23(30)20-9-8-10-21(25)14-20/h6-10,14,23,26,30H,11-13,15-18,25H2,1-5H3/b7-6+,24-19-. The highest BCUT2D eigenvalue weighted by Crippen LogP contribution is 2.23. The van der Waals surface area contributed by atoms with Gasteiger partial charge in [0.15, 0.2) is 0 Å². The van der Waals surface area contributed by atoms with Crippen LogP contribution in [0.25, 0.3) is 0 Å². The molecule has 174 valence electrons. The van der Waals surface area contributed by atoms with Gasteiger partial charge in [0.25, 0.3) is 0 Å². The van der Waals surface area contributed by atoms with E-state index in [0.29, 0.717) is 37.5 Å². The van der Waals surface area contributed by atoms with E-state index in [2.05, 4.69) is 22.0 Å². The lowest BCUT2D eigenvalue weighted by atomic mass is 10.1. The van der Waals surface area contributed by atoms with Crippen LogP contribution >= 0.6 is 11.8 Å². The second-order valence-corrected chi connectivity index (χ2v) is 9.24. The molecule has 0 aromatic heterocycles. The average molecular weight is 449 g/mol. The summed E-state index contributed by atoms with van der Waals surface area (Å²) in [5, 5.41) is 13.8. The first-order chi connectivity index (χ1) is 14.7. The molecule has 4 N–H and O–H groups in total. The fraction of sp³-hybridized carbons (Fsp3) is 0.542. The second-order valence-electron chi connectivity index (χ2n) is 8.17. The van der Waals surface area contributed by atoms with Crippen molar-refractivity contribution in [1.29, 1.82) is 0 Å². The molecular formula is C24H40N4O2S. The van der Waals surface area contributed by atoms with E-state index in [1.165, 1.54) is 10.5 Å². The van der Waals surface area contributed by atoms with Gasteiger partial charge in [-0.05, 0) is 63.2 Å². The Bertz CT molecular complexity index is 734. The third kappa shape index (κ3) is 12.1. The summed E-state index contributed by atoms with van der Waals surface area (Å²) in [6.45, 7) is 7.62. The Balaban J connectivity index is 2.66. The van der Waals surface area contributed by atoms with E-state index in [-0.39, 0.29) is 5.78 Å². The minimum atomic E-state index is -0.612. The number of nitrogens with zero attached hydrogens (tertiary/aromatic N) is 2. The highest BCUT2D eigenvalue weighted by Gasteiger charge is 2.15. The van der Waals surface area contributed by atoms with Crippen molar-refractivity contribution in [3.8, 4) is 0 Å². The summed E-state index contributed by atoms with van der Waals surface area (Å²) >= 11 is 1.62. The molecule has 0 aliphatic carbocycles. The molecule has 1 rings (SSSR count). The number of nitrogens with two attached hydrogens (primary N) is 1. The van der Waals surface area contributed by atoms with Crippen LogP contribution in [-0.4, -0.2) is 80.3 Å². The van der Waals surface area contributed by atoms with E-state index in [0.717, 1.165) is 18.7 Å². The van der Waals surface area contributed by atoms with Gasteiger partial charge >= 0.3 is 0 Å². The molecule has 7 heteroatoms. The molecule has 1 aromatic rings. The third-order valence-electron chi connectivity index (χ3n) is 4.71. The molecule has 0 aliphatic heterocycles. The summed E-state index contributed by atoms with van der Waals surface area (Å²) in [6.07, 6.45) is 3.96.